The number of nitrogens with zero attached hydrogens (tertiary/aromatic N) is 3. The molecule has 0 unspecified atom stereocenters. The van der Waals surface area contributed by atoms with Gasteiger partial charge in [-0.2, -0.15) is 5.10 Å². The number of benzene rings is 2. The van der Waals surface area contributed by atoms with Gasteiger partial charge in [-0.1, -0.05) is 43.9 Å². The molecule has 1 aromatic heterocycles. The number of carbonyl (C=O) groups is 2. The first-order valence-corrected chi connectivity index (χ1v) is 15.6. The van der Waals surface area contributed by atoms with Crippen molar-refractivity contribution < 1.29 is 23.8 Å². The van der Waals surface area contributed by atoms with Crippen LogP contribution in [-0.2, 0) is 24.6 Å². The Morgan fingerprint density at radius 1 is 0.944 bits per heavy atom. The number of aromatic nitrogens is 2. The lowest BCUT2D eigenvalue weighted by Crippen LogP contribution is -2.33. The summed E-state index contributed by atoms with van der Waals surface area (Å²) in [6.07, 6.45) is 2.08. The maximum absolute atomic E-state index is 13.9. The van der Waals surface area contributed by atoms with Crippen LogP contribution in [0, 0.1) is 0 Å². The molecule has 3 aromatic rings. The summed E-state index contributed by atoms with van der Waals surface area (Å²) < 4.78 is 17.8. The normalized spacial score (nSPS) is 11.2. The van der Waals surface area contributed by atoms with Gasteiger partial charge in [0.05, 0.1) is 26.0 Å². The zero-order chi connectivity index (χ0) is 26.1. The highest BCUT2D eigenvalue weighted by Gasteiger charge is 2.25. The molecule has 0 bridgehead atoms. The highest BCUT2D eigenvalue weighted by Crippen LogP contribution is 2.20. The predicted octanol–water partition coefficient (Wildman–Crippen LogP) is 4.87. The number of methoxy groups -OCH3 is 2. The molecule has 0 radical (unpaired) electrons. The Hall–Kier alpha value is -3.43. The summed E-state index contributed by atoms with van der Waals surface area (Å²) in [5.41, 5.74) is 2.33. The summed E-state index contributed by atoms with van der Waals surface area (Å²) in [7, 11) is 1.97. The molecule has 2 aromatic carbocycles. The van der Waals surface area contributed by atoms with Gasteiger partial charge in [0.2, 0.25) is 0 Å². The van der Waals surface area contributed by atoms with Gasteiger partial charge in [-0.3, -0.25) is 9.59 Å². The number of ether oxygens (including phenoxy) is 3. The fourth-order valence-corrected chi connectivity index (χ4v) is 4.36. The van der Waals surface area contributed by atoms with Crippen LogP contribution in [0.15, 0.2) is 54.7 Å². The molecule has 0 saturated heterocycles. The second kappa shape index (κ2) is 12.5. The van der Waals surface area contributed by atoms with Crippen LogP contribution >= 0.6 is 0 Å². The lowest BCUT2D eigenvalue weighted by Gasteiger charge is -2.24. The van der Waals surface area contributed by atoms with Crippen LogP contribution in [0.4, 0.5) is 0 Å². The van der Waals surface area contributed by atoms with E-state index in [1.54, 1.807) is 19.1 Å². The van der Waals surface area contributed by atoms with E-state index in [4.69, 9.17) is 14.2 Å². The molecule has 0 N–H and O–H groups in total. The maximum atomic E-state index is 13.9. The Balaban J connectivity index is 1.87. The molecule has 1 heterocycles. The largest absolute Gasteiger partial charge is 0.497 e. The van der Waals surface area contributed by atoms with Crippen molar-refractivity contribution in [1.82, 2.24) is 14.7 Å². The van der Waals surface area contributed by atoms with Crippen LogP contribution in [0.25, 0.3) is 0 Å². The Labute approximate surface area is 213 Å². The summed E-state index contributed by atoms with van der Waals surface area (Å²) >= 11 is 0. The van der Waals surface area contributed by atoms with Crippen molar-refractivity contribution in [2.45, 2.75) is 45.5 Å². The van der Waals surface area contributed by atoms with E-state index < -0.39 is 8.07 Å². The third kappa shape index (κ3) is 7.53. The van der Waals surface area contributed by atoms with Crippen LogP contribution in [0.1, 0.15) is 32.0 Å². The van der Waals surface area contributed by atoms with Gasteiger partial charge >= 0.3 is 0 Å². The summed E-state index contributed by atoms with van der Waals surface area (Å²) in [5, 5.41) is 4.28. The average Bonchev–Trinajstić information content (AvgIpc) is 3.29. The molecular formula is C27H35N3O5Si. The Kier molecular flexibility index (Phi) is 9.43. The molecule has 0 fully saturated rings. The van der Waals surface area contributed by atoms with E-state index in [9.17, 15) is 9.59 Å². The van der Waals surface area contributed by atoms with Crippen molar-refractivity contribution in [3.05, 3.63) is 77.1 Å². The van der Waals surface area contributed by atoms with Crippen LogP contribution in [-0.4, -0.2) is 55.8 Å². The first-order chi connectivity index (χ1) is 17.2. The van der Waals surface area contributed by atoms with E-state index in [0.29, 0.717) is 26.0 Å². The molecule has 192 valence electrons. The van der Waals surface area contributed by atoms with Crippen molar-refractivity contribution >= 4 is 20.3 Å². The van der Waals surface area contributed by atoms with Gasteiger partial charge in [0.15, 0.2) is 6.29 Å². The third-order valence-corrected chi connectivity index (χ3v) is 7.46. The lowest BCUT2D eigenvalue weighted by molar-refractivity contribution is 0.0614. The van der Waals surface area contributed by atoms with E-state index >= 15 is 0 Å². The second-order valence-electron chi connectivity index (χ2n) is 9.77. The van der Waals surface area contributed by atoms with Crippen molar-refractivity contribution in [2.75, 3.05) is 20.8 Å². The van der Waals surface area contributed by atoms with Crippen molar-refractivity contribution in [3.8, 4) is 11.5 Å². The van der Waals surface area contributed by atoms with Gasteiger partial charge in [0.25, 0.3) is 5.91 Å². The summed E-state index contributed by atoms with van der Waals surface area (Å²) in [5.74, 6) is 1.18. The molecule has 0 aliphatic rings. The third-order valence-electron chi connectivity index (χ3n) is 5.76. The van der Waals surface area contributed by atoms with Crippen LogP contribution in [0.5, 0.6) is 11.5 Å². The van der Waals surface area contributed by atoms with E-state index in [1.165, 1.54) is 10.9 Å². The number of hydrogen-bond acceptors (Lipinski definition) is 6. The molecule has 0 aliphatic carbocycles. The number of rotatable bonds is 13. The molecule has 9 heteroatoms. The monoisotopic (exact) mass is 509 g/mol. The van der Waals surface area contributed by atoms with Crippen molar-refractivity contribution in [1.29, 1.82) is 0 Å². The van der Waals surface area contributed by atoms with Gasteiger partial charge in [0, 0.05) is 27.8 Å². The second-order valence-corrected chi connectivity index (χ2v) is 15.4. The minimum Gasteiger partial charge on any atom is -0.497 e. The van der Waals surface area contributed by atoms with Gasteiger partial charge < -0.3 is 19.1 Å². The molecule has 0 atom stereocenters. The molecule has 36 heavy (non-hydrogen) atoms. The summed E-state index contributed by atoms with van der Waals surface area (Å²) in [6, 6.07) is 16.1. The fourth-order valence-electron chi connectivity index (χ4n) is 3.60. The molecular weight excluding hydrogens is 474 g/mol. The number of hydrogen-bond donors (Lipinski definition) is 0. The quantitative estimate of drug-likeness (QED) is 0.186. The van der Waals surface area contributed by atoms with E-state index in [1.807, 2.05) is 48.5 Å². The van der Waals surface area contributed by atoms with Gasteiger partial charge in [-0.25, -0.2) is 4.68 Å². The summed E-state index contributed by atoms with van der Waals surface area (Å²) in [4.78, 5) is 27.4. The minimum absolute atomic E-state index is 0.109. The molecule has 8 nitrogen and oxygen atoms in total. The molecule has 3 rings (SSSR count). The smallest absolute Gasteiger partial charge is 0.273 e. The predicted molar refractivity (Wildman–Crippen MR) is 141 cm³/mol. The van der Waals surface area contributed by atoms with Crippen molar-refractivity contribution in [3.63, 3.8) is 0 Å². The highest BCUT2D eigenvalue weighted by molar-refractivity contribution is 6.76. The lowest BCUT2D eigenvalue weighted by atomic mass is 10.1. The fraction of sp³-hybridized carbons (Fsp3) is 0.370. The minimum atomic E-state index is -1.25. The Morgan fingerprint density at radius 2 is 1.47 bits per heavy atom. The Bertz CT molecular complexity index is 1090. The zero-order valence-corrected chi connectivity index (χ0v) is 22.7. The molecule has 0 spiro atoms. The topological polar surface area (TPSA) is 82.9 Å². The SMILES string of the molecule is COc1ccc(CN(Cc2ccc(OC)cc2)C(=O)c2c(C=O)cnn2COCC[Si](C)(C)C)cc1. The van der Waals surface area contributed by atoms with Crippen LogP contribution in [0.2, 0.25) is 25.7 Å². The van der Waals surface area contributed by atoms with Gasteiger partial charge in [0.1, 0.15) is 23.9 Å². The van der Waals surface area contributed by atoms with Crippen LogP contribution in [0.3, 0.4) is 0 Å². The van der Waals surface area contributed by atoms with Gasteiger partial charge in [-0.05, 0) is 41.4 Å². The van der Waals surface area contributed by atoms with E-state index in [2.05, 4.69) is 24.7 Å². The first kappa shape index (κ1) is 27.2. The van der Waals surface area contributed by atoms with Crippen molar-refractivity contribution in [2.24, 2.45) is 0 Å². The van der Waals surface area contributed by atoms with E-state index in [-0.39, 0.29) is 23.9 Å². The van der Waals surface area contributed by atoms with Gasteiger partial charge in [-0.15, -0.1) is 0 Å². The van der Waals surface area contributed by atoms with Crippen LogP contribution < -0.4 is 9.47 Å². The molecule has 0 aliphatic heterocycles. The number of aldehydes is 1. The molecule has 1 amide bonds. The zero-order valence-electron chi connectivity index (χ0n) is 21.7. The number of amides is 1. The molecule has 0 saturated carbocycles. The standard InChI is InChI=1S/C27H35N3O5Si/c1-33-24-10-6-21(7-11-24)17-29(18-22-8-12-25(34-2)13-9-22)27(32)26-23(19-31)16-28-30(26)20-35-14-15-36(3,4)5/h6-13,16,19H,14-15,17-18,20H2,1-5H3. The highest BCUT2D eigenvalue weighted by atomic mass is 28.3. The average molecular weight is 510 g/mol. The first-order valence-electron chi connectivity index (χ1n) is 11.9. The van der Waals surface area contributed by atoms with E-state index in [0.717, 1.165) is 28.7 Å². The summed E-state index contributed by atoms with van der Waals surface area (Å²) in [6.45, 7) is 8.21. The number of carbonyl (C=O) groups excluding carboxylic acids is 2. The maximum Gasteiger partial charge on any atom is 0.273 e. The Morgan fingerprint density at radius 3 is 1.92 bits per heavy atom.